The lowest BCUT2D eigenvalue weighted by Crippen LogP contribution is -2.58. The SMILES string of the molecule is CC1CN([C@H]2CCC[C@@H]2O)CC(C)N1C. The van der Waals surface area contributed by atoms with Crippen LogP contribution >= 0.6 is 0 Å². The maximum Gasteiger partial charge on any atom is 0.0695 e. The Bertz CT molecular complexity index is 210. The van der Waals surface area contributed by atoms with Gasteiger partial charge in [-0.05, 0) is 40.2 Å². The second kappa shape index (κ2) is 4.40. The van der Waals surface area contributed by atoms with Crippen LogP contribution in [0.3, 0.4) is 0 Å². The lowest BCUT2D eigenvalue weighted by Gasteiger charge is -2.45. The summed E-state index contributed by atoms with van der Waals surface area (Å²) in [5.41, 5.74) is 0. The molecule has 1 saturated carbocycles. The normalized spacial score (nSPS) is 44.8. The van der Waals surface area contributed by atoms with E-state index in [0.717, 1.165) is 19.5 Å². The van der Waals surface area contributed by atoms with Crippen molar-refractivity contribution in [2.45, 2.75) is 57.3 Å². The Balaban J connectivity index is 1.99. The minimum atomic E-state index is -0.0761. The second-order valence-electron chi connectivity index (χ2n) is 5.38. The largest absolute Gasteiger partial charge is 0.391 e. The smallest absolute Gasteiger partial charge is 0.0695 e. The van der Waals surface area contributed by atoms with E-state index in [9.17, 15) is 5.11 Å². The van der Waals surface area contributed by atoms with E-state index < -0.39 is 0 Å². The molecule has 1 heterocycles. The van der Waals surface area contributed by atoms with Crippen molar-refractivity contribution in [2.75, 3.05) is 20.1 Å². The summed E-state index contributed by atoms with van der Waals surface area (Å²) in [4.78, 5) is 4.95. The van der Waals surface area contributed by atoms with E-state index in [0.29, 0.717) is 18.1 Å². The fraction of sp³-hybridized carbons (Fsp3) is 1.00. The van der Waals surface area contributed by atoms with Crippen molar-refractivity contribution in [3.63, 3.8) is 0 Å². The molecule has 1 saturated heterocycles. The molecule has 3 nitrogen and oxygen atoms in total. The van der Waals surface area contributed by atoms with Crippen molar-refractivity contribution in [3.05, 3.63) is 0 Å². The summed E-state index contributed by atoms with van der Waals surface area (Å²) in [6, 6.07) is 1.66. The predicted molar refractivity (Wildman–Crippen MR) is 61.9 cm³/mol. The maximum atomic E-state index is 9.92. The van der Waals surface area contributed by atoms with E-state index in [2.05, 4.69) is 30.7 Å². The van der Waals surface area contributed by atoms with E-state index in [1.165, 1.54) is 12.8 Å². The second-order valence-corrected chi connectivity index (χ2v) is 5.38. The monoisotopic (exact) mass is 212 g/mol. The molecule has 4 atom stereocenters. The molecule has 0 bridgehead atoms. The van der Waals surface area contributed by atoms with Crippen molar-refractivity contribution in [3.8, 4) is 0 Å². The van der Waals surface area contributed by atoms with Gasteiger partial charge in [0.2, 0.25) is 0 Å². The predicted octanol–water partition coefficient (Wildman–Crippen LogP) is 0.924. The van der Waals surface area contributed by atoms with Crippen molar-refractivity contribution in [1.82, 2.24) is 9.80 Å². The third kappa shape index (κ3) is 2.19. The Kier molecular flexibility index (Phi) is 3.33. The average Bonchev–Trinajstić information content (AvgIpc) is 2.60. The minimum Gasteiger partial charge on any atom is -0.391 e. The van der Waals surface area contributed by atoms with Crippen molar-refractivity contribution in [1.29, 1.82) is 0 Å². The summed E-state index contributed by atoms with van der Waals surface area (Å²) < 4.78 is 0. The van der Waals surface area contributed by atoms with Crippen LogP contribution in [0.5, 0.6) is 0 Å². The van der Waals surface area contributed by atoms with Crippen LogP contribution in [0.4, 0.5) is 0 Å². The first-order valence-electron chi connectivity index (χ1n) is 6.23. The van der Waals surface area contributed by atoms with E-state index in [4.69, 9.17) is 0 Å². The summed E-state index contributed by atoms with van der Waals surface area (Å²) in [6.07, 6.45) is 3.30. The highest BCUT2D eigenvalue weighted by molar-refractivity contribution is 4.91. The van der Waals surface area contributed by atoms with Gasteiger partial charge in [-0.25, -0.2) is 0 Å². The first-order chi connectivity index (χ1) is 7.09. The standard InChI is InChI=1S/C12H24N2O/c1-9-7-14(8-10(2)13(9)3)11-5-4-6-12(11)15/h9-12,15H,4-8H2,1-3H3/t9?,10?,11-,12-/m0/s1. The fourth-order valence-corrected chi connectivity index (χ4v) is 3.06. The molecule has 0 amide bonds. The highest BCUT2D eigenvalue weighted by atomic mass is 16.3. The summed E-state index contributed by atoms with van der Waals surface area (Å²) >= 11 is 0. The van der Waals surface area contributed by atoms with Gasteiger partial charge in [0.1, 0.15) is 0 Å². The lowest BCUT2D eigenvalue weighted by molar-refractivity contribution is -0.00176. The zero-order chi connectivity index (χ0) is 11.0. The molecule has 1 N–H and O–H groups in total. The van der Waals surface area contributed by atoms with Crippen molar-refractivity contribution in [2.24, 2.45) is 0 Å². The van der Waals surface area contributed by atoms with Gasteiger partial charge in [-0.3, -0.25) is 9.80 Å². The summed E-state index contributed by atoms with van der Waals surface area (Å²) in [5, 5.41) is 9.92. The van der Waals surface area contributed by atoms with Crippen LogP contribution in [0, 0.1) is 0 Å². The van der Waals surface area contributed by atoms with E-state index >= 15 is 0 Å². The van der Waals surface area contributed by atoms with E-state index in [-0.39, 0.29) is 6.10 Å². The molecular formula is C12H24N2O. The zero-order valence-electron chi connectivity index (χ0n) is 10.2. The van der Waals surface area contributed by atoms with Gasteiger partial charge in [0.25, 0.3) is 0 Å². The Morgan fingerprint density at radius 3 is 2.13 bits per heavy atom. The summed E-state index contributed by atoms with van der Waals surface area (Å²) in [7, 11) is 2.21. The van der Waals surface area contributed by atoms with Crippen molar-refractivity contribution < 1.29 is 5.11 Å². The number of aliphatic hydroxyl groups is 1. The Hall–Kier alpha value is -0.120. The molecule has 0 radical (unpaired) electrons. The van der Waals surface area contributed by atoms with Crippen molar-refractivity contribution >= 4 is 0 Å². The quantitative estimate of drug-likeness (QED) is 0.700. The molecule has 0 aromatic heterocycles. The average molecular weight is 212 g/mol. The third-order valence-corrected chi connectivity index (χ3v) is 4.30. The first kappa shape index (κ1) is 11.4. The highest BCUT2D eigenvalue weighted by Crippen LogP contribution is 2.27. The third-order valence-electron chi connectivity index (χ3n) is 4.30. The van der Waals surface area contributed by atoms with Gasteiger partial charge >= 0.3 is 0 Å². The molecule has 3 heteroatoms. The molecule has 0 aromatic rings. The highest BCUT2D eigenvalue weighted by Gasteiger charge is 2.36. The first-order valence-corrected chi connectivity index (χ1v) is 6.23. The number of rotatable bonds is 1. The van der Waals surface area contributed by atoms with Gasteiger partial charge in [0.15, 0.2) is 0 Å². The molecule has 2 aliphatic rings. The van der Waals surface area contributed by atoms with Gasteiger partial charge in [0.05, 0.1) is 6.10 Å². The molecule has 15 heavy (non-hydrogen) atoms. The van der Waals surface area contributed by atoms with Crippen LogP contribution in [-0.2, 0) is 0 Å². The molecule has 88 valence electrons. The maximum absolute atomic E-state index is 9.92. The molecule has 0 spiro atoms. The van der Waals surface area contributed by atoms with Crippen LogP contribution in [0.1, 0.15) is 33.1 Å². The van der Waals surface area contributed by atoms with Crippen LogP contribution in [0.15, 0.2) is 0 Å². The number of hydrogen-bond donors (Lipinski definition) is 1. The van der Waals surface area contributed by atoms with Gasteiger partial charge < -0.3 is 5.11 Å². The van der Waals surface area contributed by atoms with Gasteiger partial charge in [-0.15, -0.1) is 0 Å². The Morgan fingerprint density at radius 1 is 1.07 bits per heavy atom. The van der Waals surface area contributed by atoms with Crippen LogP contribution < -0.4 is 0 Å². The van der Waals surface area contributed by atoms with Crippen LogP contribution in [0.2, 0.25) is 0 Å². The molecule has 1 aliphatic heterocycles. The number of piperazine rings is 1. The zero-order valence-corrected chi connectivity index (χ0v) is 10.2. The topological polar surface area (TPSA) is 26.7 Å². The minimum absolute atomic E-state index is 0.0761. The van der Waals surface area contributed by atoms with Crippen LogP contribution in [0.25, 0.3) is 0 Å². The molecule has 2 rings (SSSR count). The Labute approximate surface area is 93.1 Å². The van der Waals surface area contributed by atoms with Gasteiger partial charge in [-0.2, -0.15) is 0 Å². The van der Waals surface area contributed by atoms with Gasteiger partial charge in [0, 0.05) is 31.2 Å². The van der Waals surface area contributed by atoms with E-state index in [1.54, 1.807) is 0 Å². The van der Waals surface area contributed by atoms with Gasteiger partial charge in [-0.1, -0.05) is 0 Å². The molecule has 1 aliphatic carbocycles. The number of hydrogen-bond acceptors (Lipinski definition) is 3. The van der Waals surface area contributed by atoms with E-state index in [1.807, 2.05) is 0 Å². The lowest BCUT2D eigenvalue weighted by atomic mass is 10.0. The van der Waals surface area contributed by atoms with Crippen LogP contribution in [-0.4, -0.2) is 59.3 Å². The molecule has 2 fully saturated rings. The number of likely N-dealkylation sites (N-methyl/N-ethyl adjacent to an activating group) is 1. The fourth-order valence-electron chi connectivity index (χ4n) is 3.06. The Morgan fingerprint density at radius 2 is 1.67 bits per heavy atom. The summed E-state index contributed by atoms with van der Waals surface area (Å²) in [6.45, 7) is 6.79. The number of nitrogens with zero attached hydrogens (tertiary/aromatic N) is 2. The summed E-state index contributed by atoms with van der Waals surface area (Å²) in [5.74, 6) is 0. The number of aliphatic hydroxyl groups excluding tert-OH is 1. The molecule has 2 unspecified atom stereocenters. The molecule has 0 aromatic carbocycles. The molecular weight excluding hydrogens is 188 g/mol.